The van der Waals surface area contributed by atoms with Gasteiger partial charge in [0.15, 0.2) is 28.3 Å². The summed E-state index contributed by atoms with van der Waals surface area (Å²) in [4.78, 5) is 12.6. The van der Waals surface area contributed by atoms with E-state index in [1.54, 1.807) is 0 Å². The zero-order valence-corrected chi connectivity index (χ0v) is 14.2. The van der Waals surface area contributed by atoms with Crippen molar-refractivity contribution in [1.82, 2.24) is 0 Å². The third-order valence-electron chi connectivity index (χ3n) is 3.91. The predicted molar refractivity (Wildman–Crippen MR) is 92.6 cm³/mol. The lowest BCUT2D eigenvalue weighted by Gasteiger charge is -2.15. The summed E-state index contributed by atoms with van der Waals surface area (Å²) in [6, 6.07) is 4.80. The van der Waals surface area contributed by atoms with Crippen molar-refractivity contribution in [2.45, 2.75) is 0 Å². The topological polar surface area (TPSA) is 119 Å². The molecule has 3 N–H and O–H groups in total. The summed E-state index contributed by atoms with van der Waals surface area (Å²) in [6.45, 7) is 0. The molecule has 0 aliphatic carbocycles. The Balaban J connectivity index is 2.43. The molecule has 2 aromatic carbocycles. The van der Waals surface area contributed by atoms with E-state index in [0.717, 1.165) is 12.1 Å². The van der Waals surface area contributed by atoms with Gasteiger partial charge in [-0.25, -0.2) is 0 Å². The van der Waals surface area contributed by atoms with E-state index in [2.05, 4.69) is 0 Å². The molecule has 0 aliphatic heterocycles. The molecule has 8 heteroatoms. The molecule has 0 bridgehead atoms. The fourth-order valence-corrected chi connectivity index (χ4v) is 2.69. The van der Waals surface area contributed by atoms with Crippen molar-refractivity contribution in [3.63, 3.8) is 0 Å². The Kier molecular flexibility index (Phi) is 4.25. The van der Waals surface area contributed by atoms with Gasteiger partial charge >= 0.3 is 0 Å². The number of methoxy groups -OCH3 is 3. The van der Waals surface area contributed by atoms with Crippen molar-refractivity contribution >= 4 is 11.0 Å². The molecule has 0 saturated carbocycles. The van der Waals surface area contributed by atoms with Crippen LogP contribution in [0.3, 0.4) is 0 Å². The van der Waals surface area contributed by atoms with Crippen molar-refractivity contribution < 1.29 is 33.9 Å². The summed E-state index contributed by atoms with van der Waals surface area (Å²) >= 11 is 0. The van der Waals surface area contributed by atoms with Crippen LogP contribution >= 0.6 is 0 Å². The smallest absolute Gasteiger partial charge is 0.208 e. The molecule has 3 rings (SSSR count). The predicted octanol–water partition coefficient (Wildman–Crippen LogP) is 2.60. The normalized spacial score (nSPS) is 10.7. The Morgan fingerprint density at radius 1 is 0.885 bits per heavy atom. The van der Waals surface area contributed by atoms with Gasteiger partial charge in [0, 0.05) is 6.07 Å². The molecule has 1 aromatic heterocycles. The fourth-order valence-electron chi connectivity index (χ4n) is 2.69. The van der Waals surface area contributed by atoms with Gasteiger partial charge in [-0.3, -0.25) is 4.79 Å². The van der Waals surface area contributed by atoms with E-state index in [1.165, 1.54) is 33.5 Å². The molecular formula is C18H16O8. The Morgan fingerprint density at radius 2 is 1.54 bits per heavy atom. The SMILES string of the molecule is COc1cc2c(=O)cc(-c3c(O)ccc(O)c3O)oc2c(OC)c1OC. The number of fused-ring (bicyclic) bond motifs is 1. The molecule has 0 atom stereocenters. The van der Waals surface area contributed by atoms with Crippen molar-refractivity contribution in [3.8, 4) is 45.8 Å². The molecule has 0 amide bonds. The zero-order valence-electron chi connectivity index (χ0n) is 14.2. The lowest BCUT2D eigenvalue weighted by Crippen LogP contribution is -2.04. The van der Waals surface area contributed by atoms with E-state index >= 15 is 0 Å². The molecule has 1 heterocycles. The second-order valence-corrected chi connectivity index (χ2v) is 5.32. The van der Waals surface area contributed by atoms with Crippen LogP contribution in [0.4, 0.5) is 0 Å². The van der Waals surface area contributed by atoms with E-state index in [-0.39, 0.29) is 45.3 Å². The number of benzene rings is 2. The number of hydrogen-bond donors (Lipinski definition) is 3. The third kappa shape index (κ3) is 2.52. The Labute approximate surface area is 147 Å². The van der Waals surface area contributed by atoms with Crippen molar-refractivity contribution in [2.75, 3.05) is 21.3 Å². The Bertz CT molecular complexity index is 1050. The monoisotopic (exact) mass is 360 g/mol. The molecule has 0 spiro atoms. The summed E-state index contributed by atoms with van der Waals surface area (Å²) in [5, 5.41) is 29.9. The highest BCUT2D eigenvalue weighted by Gasteiger charge is 2.23. The minimum absolute atomic E-state index is 0.0368. The van der Waals surface area contributed by atoms with Crippen LogP contribution < -0.4 is 19.6 Å². The van der Waals surface area contributed by atoms with Crippen LogP contribution in [0.15, 0.2) is 33.5 Å². The number of ether oxygens (including phenoxy) is 3. The van der Waals surface area contributed by atoms with E-state index in [9.17, 15) is 20.1 Å². The van der Waals surface area contributed by atoms with Crippen LogP contribution in [-0.2, 0) is 0 Å². The number of hydrogen-bond acceptors (Lipinski definition) is 8. The highest BCUT2D eigenvalue weighted by Crippen LogP contribution is 2.46. The van der Waals surface area contributed by atoms with Crippen molar-refractivity contribution in [1.29, 1.82) is 0 Å². The fraction of sp³-hybridized carbons (Fsp3) is 0.167. The molecule has 0 radical (unpaired) electrons. The van der Waals surface area contributed by atoms with Gasteiger partial charge in [0.05, 0.1) is 26.7 Å². The molecule has 0 fully saturated rings. The maximum atomic E-state index is 12.6. The number of rotatable bonds is 4. The summed E-state index contributed by atoms with van der Waals surface area (Å²) in [7, 11) is 4.19. The molecule has 136 valence electrons. The largest absolute Gasteiger partial charge is 0.507 e. The molecule has 26 heavy (non-hydrogen) atoms. The minimum atomic E-state index is -0.619. The summed E-state index contributed by atoms with van der Waals surface area (Å²) in [5.41, 5.74) is -0.654. The highest BCUT2D eigenvalue weighted by atomic mass is 16.5. The number of phenols is 3. The summed E-state index contributed by atoms with van der Waals surface area (Å²) in [5.74, 6) is -1.01. The van der Waals surface area contributed by atoms with Crippen molar-refractivity contribution in [2.24, 2.45) is 0 Å². The van der Waals surface area contributed by atoms with Crippen LogP contribution in [0.1, 0.15) is 0 Å². The Morgan fingerprint density at radius 3 is 2.15 bits per heavy atom. The highest BCUT2D eigenvalue weighted by molar-refractivity contribution is 5.90. The molecule has 8 nitrogen and oxygen atoms in total. The van der Waals surface area contributed by atoms with Crippen LogP contribution in [0.25, 0.3) is 22.3 Å². The second kappa shape index (κ2) is 6.40. The average molecular weight is 360 g/mol. The first kappa shape index (κ1) is 17.3. The van der Waals surface area contributed by atoms with Gasteiger partial charge in [0.1, 0.15) is 17.1 Å². The molecular weight excluding hydrogens is 344 g/mol. The molecule has 0 aliphatic rings. The van der Waals surface area contributed by atoms with Crippen LogP contribution in [0.5, 0.6) is 34.5 Å². The van der Waals surface area contributed by atoms with Gasteiger partial charge < -0.3 is 33.9 Å². The van der Waals surface area contributed by atoms with E-state index in [0.29, 0.717) is 0 Å². The average Bonchev–Trinajstić information content (AvgIpc) is 2.63. The van der Waals surface area contributed by atoms with Gasteiger partial charge in [-0.1, -0.05) is 0 Å². The van der Waals surface area contributed by atoms with Gasteiger partial charge in [-0.2, -0.15) is 0 Å². The number of aromatic hydroxyl groups is 3. The van der Waals surface area contributed by atoms with E-state index < -0.39 is 16.9 Å². The molecule has 0 unspecified atom stereocenters. The standard InChI is InChI=1S/C18H16O8/c1-23-13-6-8-11(21)7-12(14-9(19)4-5-10(20)15(14)22)26-16(8)18(25-3)17(13)24-2/h4-7,19-20,22H,1-3H3. The first-order chi connectivity index (χ1) is 12.4. The van der Waals surface area contributed by atoms with E-state index in [1.807, 2.05) is 0 Å². The lowest BCUT2D eigenvalue weighted by atomic mass is 10.1. The van der Waals surface area contributed by atoms with Crippen LogP contribution in [0, 0.1) is 0 Å². The second-order valence-electron chi connectivity index (χ2n) is 5.32. The third-order valence-corrected chi connectivity index (χ3v) is 3.91. The maximum Gasteiger partial charge on any atom is 0.208 e. The van der Waals surface area contributed by atoms with Gasteiger partial charge in [-0.05, 0) is 18.2 Å². The van der Waals surface area contributed by atoms with Gasteiger partial charge in [0.25, 0.3) is 0 Å². The van der Waals surface area contributed by atoms with Gasteiger partial charge in [0.2, 0.25) is 11.5 Å². The molecule has 3 aromatic rings. The van der Waals surface area contributed by atoms with Gasteiger partial charge in [-0.15, -0.1) is 0 Å². The Hall–Kier alpha value is -3.55. The number of phenolic OH excluding ortho intramolecular Hbond substituents is 3. The summed E-state index contributed by atoms with van der Waals surface area (Å²) in [6.07, 6.45) is 0. The zero-order chi connectivity index (χ0) is 19.0. The quantitative estimate of drug-likeness (QED) is 0.480. The summed E-state index contributed by atoms with van der Waals surface area (Å²) < 4.78 is 21.5. The van der Waals surface area contributed by atoms with Crippen molar-refractivity contribution in [3.05, 3.63) is 34.5 Å². The first-order valence-corrected chi connectivity index (χ1v) is 7.44. The lowest BCUT2D eigenvalue weighted by molar-refractivity contribution is 0.324. The van der Waals surface area contributed by atoms with E-state index in [4.69, 9.17) is 18.6 Å². The van der Waals surface area contributed by atoms with Crippen LogP contribution in [-0.4, -0.2) is 36.6 Å². The first-order valence-electron chi connectivity index (χ1n) is 7.44. The maximum absolute atomic E-state index is 12.6. The van der Waals surface area contributed by atoms with Crippen LogP contribution in [0.2, 0.25) is 0 Å². The molecule has 0 saturated heterocycles. The minimum Gasteiger partial charge on any atom is -0.507 e.